The van der Waals surface area contributed by atoms with Crippen LogP contribution in [-0.4, -0.2) is 30.6 Å². The van der Waals surface area contributed by atoms with Gasteiger partial charge in [-0.05, 0) is 52.9 Å². The summed E-state index contributed by atoms with van der Waals surface area (Å²) >= 11 is 3.54. The van der Waals surface area contributed by atoms with E-state index in [9.17, 15) is 0 Å². The highest BCUT2D eigenvalue weighted by Gasteiger charge is 2.19. The van der Waals surface area contributed by atoms with E-state index >= 15 is 0 Å². The third kappa shape index (κ3) is 4.22. The number of halogens is 1. The second-order valence-corrected chi connectivity index (χ2v) is 6.77. The zero-order valence-corrected chi connectivity index (χ0v) is 13.8. The molecular weight excluding hydrogens is 314 g/mol. The lowest BCUT2D eigenvalue weighted by Gasteiger charge is -2.34. The van der Waals surface area contributed by atoms with Gasteiger partial charge in [0.2, 0.25) is 0 Å². The second-order valence-electron chi connectivity index (χ2n) is 5.92. The number of rotatable bonds is 4. The predicted octanol–water partition coefficient (Wildman–Crippen LogP) is 3.85. The molecule has 1 aromatic rings. The van der Waals surface area contributed by atoms with Crippen molar-refractivity contribution in [2.75, 3.05) is 25.0 Å². The van der Waals surface area contributed by atoms with E-state index in [0.29, 0.717) is 11.6 Å². The van der Waals surface area contributed by atoms with Gasteiger partial charge in [-0.1, -0.05) is 13.8 Å². The van der Waals surface area contributed by atoms with Crippen molar-refractivity contribution >= 4 is 21.6 Å². The molecule has 0 unspecified atom stereocenters. The fourth-order valence-corrected chi connectivity index (χ4v) is 3.19. The molecule has 0 bridgehead atoms. The molecule has 20 heavy (non-hydrogen) atoms. The lowest BCUT2D eigenvalue weighted by atomic mass is 10.0. The first-order valence-corrected chi connectivity index (χ1v) is 8.06. The number of likely N-dealkylation sites (tertiary alicyclic amines) is 1. The molecule has 0 spiro atoms. The Morgan fingerprint density at radius 1 is 1.40 bits per heavy atom. The van der Waals surface area contributed by atoms with Gasteiger partial charge in [0.15, 0.2) is 0 Å². The molecule has 1 aliphatic rings. The predicted molar refractivity (Wildman–Crippen MR) is 86.8 cm³/mol. The van der Waals surface area contributed by atoms with Crippen LogP contribution in [0.2, 0.25) is 0 Å². The summed E-state index contributed by atoms with van der Waals surface area (Å²) in [4.78, 5) is 2.55. The van der Waals surface area contributed by atoms with Gasteiger partial charge in [0.05, 0.1) is 11.6 Å². The number of nitrogens with one attached hydrogen (secondary N) is 1. The van der Waals surface area contributed by atoms with Crippen molar-refractivity contribution in [1.82, 2.24) is 4.90 Å². The van der Waals surface area contributed by atoms with Crippen LogP contribution >= 0.6 is 15.9 Å². The molecule has 1 heterocycles. The van der Waals surface area contributed by atoms with Crippen molar-refractivity contribution in [1.29, 1.82) is 5.26 Å². The summed E-state index contributed by atoms with van der Waals surface area (Å²) in [5.74, 6) is 0.743. The maximum atomic E-state index is 8.88. The smallest absolute Gasteiger partial charge is 0.0992 e. The van der Waals surface area contributed by atoms with E-state index < -0.39 is 0 Å². The number of hydrogen-bond donors (Lipinski definition) is 1. The Bertz CT molecular complexity index is 485. The van der Waals surface area contributed by atoms with Gasteiger partial charge in [-0.3, -0.25) is 0 Å². The Kier molecular flexibility index (Phi) is 5.45. The van der Waals surface area contributed by atoms with Gasteiger partial charge in [0, 0.05) is 35.8 Å². The first kappa shape index (κ1) is 15.3. The van der Waals surface area contributed by atoms with E-state index in [2.05, 4.69) is 46.1 Å². The highest BCUT2D eigenvalue weighted by atomic mass is 79.9. The van der Waals surface area contributed by atoms with E-state index in [1.54, 1.807) is 0 Å². The van der Waals surface area contributed by atoms with Crippen LogP contribution in [0.3, 0.4) is 0 Å². The van der Waals surface area contributed by atoms with Gasteiger partial charge in [0.25, 0.3) is 0 Å². The summed E-state index contributed by atoms with van der Waals surface area (Å²) < 4.78 is 0.973. The Morgan fingerprint density at radius 3 is 2.65 bits per heavy atom. The molecule has 1 aliphatic heterocycles. The summed E-state index contributed by atoms with van der Waals surface area (Å²) in [6, 6.07) is 8.41. The zero-order chi connectivity index (χ0) is 14.5. The molecule has 2 rings (SSSR count). The van der Waals surface area contributed by atoms with Crippen LogP contribution in [0.4, 0.5) is 5.69 Å². The molecule has 0 aliphatic carbocycles. The van der Waals surface area contributed by atoms with Crippen LogP contribution in [0.15, 0.2) is 22.7 Å². The summed E-state index contributed by atoms with van der Waals surface area (Å²) in [5.41, 5.74) is 1.78. The van der Waals surface area contributed by atoms with E-state index in [-0.39, 0.29) is 0 Å². The number of hydrogen-bond acceptors (Lipinski definition) is 3. The summed E-state index contributed by atoms with van der Waals surface area (Å²) in [5, 5.41) is 12.5. The largest absolute Gasteiger partial charge is 0.381 e. The average molecular weight is 336 g/mol. The van der Waals surface area contributed by atoms with Gasteiger partial charge in [-0.25, -0.2) is 0 Å². The molecular formula is C16H22BrN3. The number of benzene rings is 1. The van der Waals surface area contributed by atoms with Crippen molar-refractivity contribution in [3.05, 3.63) is 28.2 Å². The number of anilines is 1. The molecule has 108 valence electrons. The van der Waals surface area contributed by atoms with Crippen molar-refractivity contribution in [3.8, 4) is 6.07 Å². The van der Waals surface area contributed by atoms with Crippen LogP contribution in [-0.2, 0) is 0 Å². The molecule has 3 nitrogen and oxygen atoms in total. The van der Waals surface area contributed by atoms with Crippen molar-refractivity contribution in [2.45, 2.75) is 32.7 Å². The molecule has 4 heteroatoms. The Balaban J connectivity index is 1.88. The van der Waals surface area contributed by atoms with Crippen LogP contribution < -0.4 is 5.32 Å². The summed E-state index contributed by atoms with van der Waals surface area (Å²) in [6.45, 7) is 8.09. The molecule has 0 amide bonds. The van der Waals surface area contributed by atoms with Crippen LogP contribution in [0, 0.1) is 17.2 Å². The molecule has 0 saturated carbocycles. The highest BCUT2D eigenvalue weighted by Crippen LogP contribution is 2.26. The van der Waals surface area contributed by atoms with Crippen molar-refractivity contribution < 1.29 is 0 Å². The minimum atomic E-state index is 0.530. The standard InChI is InChI=1S/C16H22BrN3/c1-12(2)11-20-7-5-14(6-8-20)19-16-4-3-13(10-18)9-15(16)17/h3-4,9,12,14,19H,5-8,11H2,1-2H3. The van der Waals surface area contributed by atoms with Crippen LogP contribution in [0.1, 0.15) is 32.3 Å². The third-order valence-electron chi connectivity index (χ3n) is 3.67. The maximum Gasteiger partial charge on any atom is 0.0992 e. The average Bonchev–Trinajstić information content (AvgIpc) is 2.42. The first-order chi connectivity index (χ1) is 9.58. The lowest BCUT2D eigenvalue weighted by Crippen LogP contribution is -2.40. The van der Waals surface area contributed by atoms with Gasteiger partial charge < -0.3 is 10.2 Å². The van der Waals surface area contributed by atoms with E-state index in [0.717, 1.165) is 16.1 Å². The topological polar surface area (TPSA) is 39.1 Å². The van der Waals surface area contributed by atoms with Gasteiger partial charge >= 0.3 is 0 Å². The number of nitrogens with zero attached hydrogens (tertiary/aromatic N) is 2. The molecule has 0 atom stereocenters. The van der Waals surface area contributed by atoms with Crippen LogP contribution in [0.25, 0.3) is 0 Å². The van der Waals surface area contributed by atoms with Gasteiger partial charge in [-0.2, -0.15) is 5.26 Å². The minimum Gasteiger partial charge on any atom is -0.381 e. The molecule has 1 N–H and O–H groups in total. The van der Waals surface area contributed by atoms with Crippen LogP contribution in [0.5, 0.6) is 0 Å². The van der Waals surface area contributed by atoms with Crippen molar-refractivity contribution in [3.63, 3.8) is 0 Å². The highest BCUT2D eigenvalue weighted by molar-refractivity contribution is 9.10. The SMILES string of the molecule is CC(C)CN1CCC(Nc2ccc(C#N)cc2Br)CC1. The first-order valence-electron chi connectivity index (χ1n) is 7.27. The Morgan fingerprint density at radius 2 is 2.10 bits per heavy atom. The molecule has 0 aromatic heterocycles. The summed E-state index contributed by atoms with van der Waals surface area (Å²) in [6.07, 6.45) is 2.36. The monoisotopic (exact) mass is 335 g/mol. The Labute approximate surface area is 130 Å². The van der Waals surface area contributed by atoms with E-state index in [4.69, 9.17) is 5.26 Å². The Hall–Kier alpha value is -1.05. The lowest BCUT2D eigenvalue weighted by molar-refractivity contribution is 0.198. The molecule has 0 radical (unpaired) electrons. The molecule has 1 saturated heterocycles. The number of piperidine rings is 1. The van der Waals surface area contributed by atoms with Gasteiger partial charge in [0.1, 0.15) is 0 Å². The normalized spacial score (nSPS) is 17.1. The maximum absolute atomic E-state index is 8.88. The summed E-state index contributed by atoms with van der Waals surface area (Å²) in [7, 11) is 0. The minimum absolute atomic E-state index is 0.530. The fraction of sp³-hybridized carbons (Fsp3) is 0.562. The quantitative estimate of drug-likeness (QED) is 0.908. The van der Waals surface area contributed by atoms with Crippen molar-refractivity contribution in [2.24, 2.45) is 5.92 Å². The molecule has 1 fully saturated rings. The second kappa shape index (κ2) is 7.10. The van der Waals surface area contributed by atoms with Gasteiger partial charge in [-0.15, -0.1) is 0 Å². The van der Waals surface area contributed by atoms with E-state index in [1.807, 2.05) is 18.2 Å². The van der Waals surface area contributed by atoms with E-state index in [1.165, 1.54) is 32.5 Å². The molecule has 1 aromatic carbocycles. The number of nitriles is 1. The third-order valence-corrected chi connectivity index (χ3v) is 4.32. The zero-order valence-electron chi connectivity index (χ0n) is 12.2. The fourth-order valence-electron chi connectivity index (χ4n) is 2.70.